The Hall–Kier alpha value is -1.68. The van der Waals surface area contributed by atoms with Gasteiger partial charge in [-0.1, -0.05) is 23.5 Å². The average molecular weight is 424 g/mol. The molecule has 3 aliphatic rings. The molecule has 1 amide bonds. The van der Waals surface area contributed by atoms with Gasteiger partial charge in [-0.3, -0.25) is 9.36 Å². The molecule has 152 valence electrons. The molecule has 3 fully saturated rings. The van der Waals surface area contributed by atoms with Crippen LogP contribution in [0, 0.1) is 0 Å². The maximum Gasteiger partial charge on any atom is 0.333 e. The smallest absolute Gasteiger partial charge is 0.333 e. The molecule has 10 heteroatoms. The van der Waals surface area contributed by atoms with Gasteiger partial charge in [0, 0.05) is 31.4 Å². The van der Waals surface area contributed by atoms with Crippen LogP contribution in [0.25, 0.3) is 0 Å². The average Bonchev–Trinajstić information content (AvgIpc) is 3.05. The molecule has 1 saturated carbocycles. The van der Waals surface area contributed by atoms with Crippen molar-refractivity contribution in [1.82, 2.24) is 19.7 Å². The zero-order valence-electron chi connectivity index (χ0n) is 16.0. The van der Waals surface area contributed by atoms with Crippen LogP contribution in [0.2, 0.25) is 0 Å². The molecule has 0 unspecified atom stereocenters. The molecule has 0 atom stereocenters. The number of carbonyl (C=O) groups is 2. The number of anilines is 1. The minimum absolute atomic E-state index is 0.0302. The van der Waals surface area contributed by atoms with Crippen molar-refractivity contribution < 1.29 is 14.3 Å². The molecule has 3 heterocycles. The highest BCUT2D eigenvalue weighted by molar-refractivity contribution is 8.04. The molecule has 1 aromatic rings. The minimum Gasteiger partial charge on any atom is -0.463 e. The predicted octanol–water partition coefficient (Wildman–Crippen LogP) is 2.29. The third-order valence-corrected chi connectivity index (χ3v) is 6.88. The van der Waals surface area contributed by atoms with Crippen molar-refractivity contribution in [2.45, 2.75) is 43.8 Å². The van der Waals surface area contributed by atoms with E-state index in [9.17, 15) is 9.59 Å². The number of rotatable bonds is 8. The summed E-state index contributed by atoms with van der Waals surface area (Å²) in [6.45, 7) is 4.74. The molecule has 0 N–H and O–H groups in total. The van der Waals surface area contributed by atoms with E-state index in [-0.39, 0.29) is 5.91 Å². The second-order valence-electron chi connectivity index (χ2n) is 7.00. The van der Waals surface area contributed by atoms with Gasteiger partial charge in [-0.05, 0) is 32.6 Å². The van der Waals surface area contributed by atoms with Crippen molar-refractivity contribution in [3.05, 3.63) is 11.1 Å². The van der Waals surface area contributed by atoms with E-state index in [0.29, 0.717) is 35.7 Å². The van der Waals surface area contributed by atoms with Gasteiger partial charge in [0.05, 0.1) is 23.5 Å². The van der Waals surface area contributed by atoms with Crippen molar-refractivity contribution in [3.8, 4) is 0 Å². The van der Waals surface area contributed by atoms with E-state index in [0.717, 1.165) is 24.2 Å². The van der Waals surface area contributed by atoms with Crippen molar-refractivity contribution >= 4 is 41.3 Å². The fourth-order valence-corrected chi connectivity index (χ4v) is 5.32. The number of amides is 1. The molecule has 28 heavy (non-hydrogen) atoms. The summed E-state index contributed by atoms with van der Waals surface area (Å²) in [4.78, 5) is 27.9. The Morgan fingerprint density at radius 2 is 2.11 bits per heavy atom. The van der Waals surface area contributed by atoms with Gasteiger partial charge in [0.15, 0.2) is 5.16 Å². The number of ether oxygens (including phenoxy) is 1. The van der Waals surface area contributed by atoms with Crippen LogP contribution in [0.15, 0.2) is 16.3 Å². The lowest BCUT2D eigenvalue weighted by molar-refractivity contribution is -0.137. The summed E-state index contributed by atoms with van der Waals surface area (Å²) in [7, 11) is 0. The van der Waals surface area contributed by atoms with Crippen LogP contribution < -0.4 is 4.90 Å². The van der Waals surface area contributed by atoms with E-state index < -0.39 is 5.97 Å². The van der Waals surface area contributed by atoms with Gasteiger partial charge in [-0.2, -0.15) is 0 Å². The highest BCUT2D eigenvalue weighted by atomic mass is 32.2. The maximum absolute atomic E-state index is 12.2. The molecular formula is C18H25N5O3S2. The van der Waals surface area contributed by atoms with Crippen LogP contribution in [0.3, 0.4) is 0 Å². The first-order valence-electron chi connectivity index (χ1n) is 9.81. The second kappa shape index (κ2) is 8.77. The number of nitrogens with zero attached hydrogens (tertiary/aromatic N) is 5. The molecule has 0 radical (unpaired) electrons. The SMILES string of the molecule is CCOC(=O)/C=C1/SCC(=O)N1CCSc1nnc(N2CCCC2)n1C1CC1. The molecule has 0 bridgehead atoms. The fourth-order valence-electron chi connectivity index (χ4n) is 3.43. The zero-order chi connectivity index (χ0) is 19.5. The van der Waals surface area contributed by atoms with Gasteiger partial charge < -0.3 is 14.5 Å². The van der Waals surface area contributed by atoms with Crippen molar-refractivity contribution in [3.63, 3.8) is 0 Å². The fraction of sp³-hybridized carbons (Fsp3) is 0.667. The highest BCUT2D eigenvalue weighted by Gasteiger charge is 2.33. The summed E-state index contributed by atoms with van der Waals surface area (Å²) in [5.74, 6) is 1.70. The van der Waals surface area contributed by atoms with Crippen LogP contribution in [0.4, 0.5) is 5.95 Å². The standard InChI is InChI=1S/C18H25N5O3S2/c1-2-26-16(25)11-15-22(14(24)12-28-15)9-10-27-18-20-19-17(21-7-3-4-8-21)23(18)13-5-6-13/h11,13H,2-10,12H2,1H3/b15-11+. The molecule has 4 rings (SSSR count). The van der Waals surface area contributed by atoms with E-state index in [1.165, 1.54) is 43.5 Å². The van der Waals surface area contributed by atoms with Gasteiger partial charge in [0.25, 0.3) is 0 Å². The summed E-state index contributed by atoms with van der Waals surface area (Å²) in [5.41, 5.74) is 0. The largest absolute Gasteiger partial charge is 0.463 e. The molecule has 2 saturated heterocycles. The second-order valence-corrected chi connectivity index (χ2v) is 9.05. The number of carbonyl (C=O) groups excluding carboxylic acids is 2. The van der Waals surface area contributed by atoms with Gasteiger partial charge in [0.2, 0.25) is 11.9 Å². The van der Waals surface area contributed by atoms with Crippen molar-refractivity contribution in [2.24, 2.45) is 0 Å². The van der Waals surface area contributed by atoms with Crippen LogP contribution in [0.1, 0.15) is 38.6 Å². The molecule has 0 aromatic carbocycles. The Morgan fingerprint density at radius 3 is 2.82 bits per heavy atom. The summed E-state index contributed by atoms with van der Waals surface area (Å²) in [6, 6.07) is 0.511. The van der Waals surface area contributed by atoms with Gasteiger partial charge in [-0.25, -0.2) is 4.79 Å². The highest BCUT2D eigenvalue weighted by Crippen LogP contribution is 2.41. The van der Waals surface area contributed by atoms with Crippen LogP contribution >= 0.6 is 23.5 Å². The topological polar surface area (TPSA) is 80.6 Å². The Bertz CT molecular complexity index is 771. The first kappa shape index (κ1) is 19.6. The lowest BCUT2D eigenvalue weighted by atomic mass is 10.4. The third-order valence-electron chi connectivity index (χ3n) is 4.93. The Kier molecular flexibility index (Phi) is 6.15. The summed E-state index contributed by atoms with van der Waals surface area (Å²) < 4.78 is 7.25. The number of hydrogen-bond acceptors (Lipinski definition) is 8. The van der Waals surface area contributed by atoms with Crippen LogP contribution in [-0.4, -0.2) is 69.3 Å². The summed E-state index contributed by atoms with van der Waals surface area (Å²) in [6.07, 6.45) is 6.21. The van der Waals surface area contributed by atoms with Gasteiger partial charge >= 0.3 is 5.97 Å². The van der Waals surface area contributed by atoms with Gasteiger partial charge in [0.1, 0.15) is 0 Å². The maximum atomic E-state index is 12.2. The number of esters is 1. The number of aromatic nitrogens is 3. The van der Waals surface area contributed by atoms with Crippen molar-refractivity contribution in [1.29, 1.82) is 0 Å². The molecule has 1 aliphatic carbocycles. The van der Waals surface area contributed by atoms with E-state index >= 15 is 0 Å². The van der Waals surface area contributed by atoms with Crippen LogP contribution in [0.5, 0.6) is 0 Å². The van der Waals surface area contributed by atoms with E-state index in [4.69, 9.17) is 4.74 Å². The molecule has 1 aromatic heterocycles. The van der Waals surface area contributed by atoms with Crippen molar-refractivity contribution in [2.75, 3.05) is 42.6 Å². The quantitative estimate of drug-likeness (QED) is 0.358. The predicted molar refractivity (Wildman–Crippen MR) is 109 cm³/mol. The normalized spacial score (nSPS) is 21.2. The lowest BCUT2D eigenvalue weighted by Crippen LogP contribution is -2.27. The number of hydrogen-bond donors (Lipinski definition) is 0. The van der Waals surface area contributed by atoms with E-state index in [2.05, 4.69) is 19.7 Å². The third kappa shape index (κ3) is 4.32. The summed E-state index contributed by atoms with van der Waals surface area (Å²) >= 11 is 3.02. The first-order chi connectivity index (χ1) is 13.7. The first-order valence-corrected chi connectivity index (χ1v) is 11.8. The molecule has 8 nitrogen and oxygen atoms in total. The van der Waals surface area contributed by atoms with Crippen LogP contribution in [-0.2, 0) is 14.3 Å². The summed E-state index contributed by atoms with van der Waals surface area (Å²) in [5, 5.41) is 10.5. The van der Waals surface area contributed by atoms with E-state index in [1.807, 2.05) is 0 Å². The minimum atomic E-state index is -0.402. The lowest BCUT2D eigenvalue weighted by Gasteiger charge is -2.19. The Labute approximate surface area is 173 Å². The molecular weight excluding hydrogens is 398 g/mol. The zero-order valence-corrected chi connectivity index (χ0v) is 17.6. The molecule has 2 aliphatic heterocycles. The van der Waals surface area contributed by atoms with Gasteiger partial charge in [-0.15, -0.1) is 10.2 Å². The Morgan fingerprint density at radius 1 is 1.32 bits per heavy atom. The Balaban J connectivity index is 1.39. The number of thioether (sulfide) groups is 2. The monoisotopic (exact) mass is 423 g/mol. The molecule has 0 spiro atoms. The van der Waals surface area contributed by atoms with E-state index in [1.54, 1.807) is 23.6 Å².